The maximum atomic E-state index is 12.7. The van der Waals surface area contributed by atoms with Crippen molar-refractivity contribution in [3.63, 3.8) is 0 Å². The van der Waals surface area contributed by atoms with Gasteiger partial charge in [-0.2, -0.15) is 5.26 Å². The van der Waals surface area contributed by atoms with E-state index < -0.39 is 0 Å². The average Bonchev–Trinajstić information content (AvgIpc) is 2.60. The van der Waals surface area contributed by atoms with Crippen molar-refractivity contribution in [2.45, 2.75) is 6.54 Å². The monoisotopic (exact) mass is 354 g/mol. The van der Waals surface area contributed by atoms with Gasteiger partial charge < -0.3 is 4.57 Å². The minimum atomic E-state index is -0.366. The maximum absolute atomic E-state index is 12.7. The molecule has 0 fully saturated rings. The second kappa shape index (κ2) is 6.92. The number of nitrogens with zero attached hydrogens (tertiary/aromatic N) is 2. The molecule has 3 rings (SSSR count). The van der Waals surface area contributed by atoms with Crippen molar-refractivity contribution in [3.8, 4) is 17.3 Å². The van der Waals surface area contributed by atoms with Crippen LogP contribution in [0.1, 0.15) is 11.1 Å². The average molecular weight is 355 g/mol. The van der Waals surface area contributed by atoms with Crippen LogP contribution in [-0.4, -0.2) is 4.57 Å². The van der Waals surface area contributed by atoms with E-state index in [1.54, 1.807) is 24.3 Å². The zero-order chi connectivity index (χ0) is 17.1. The van der Waals surface area contributed by atoms with Crippen molar-refractivity contribution >= 4 is 23.2 Å². The number of aromatic nitrogens is 1. The number of hydrogen-bond donors (Lipinski definition) is 0. The third-order valence-corrected chi connectivity index (χ3v) is 4.45. The molecule has 0 aliphatic rings. The Bertz CT molecular complexity index is 968. The van der Waals surface area contributed by atoms with Gasteiger partial charge in [0.2, 0.25) is 0 Å². The van der Waals surface area contributed by atoms with E-state index in [-0.39, 0.29) is 17.7 Å². The standard InChI is InChI=1S/C19H12Cl2N2O/c20-16-7-4-8-17(21)15(16)12-23-18(13-5-2-1-3-6-13)10-9-14(11-22)19(23)24/h1-10H,12H2. The van der Waals surface area contributed by atoms with Gasteiger partial charge in [0, 0.05) is 15.6 Å². The predicted octanol–water partition coefficient (Wildman–Crippen LogP) is 4.74. The summed E-state index contributed by atoms with van der Waals surface area (Å²) in [6.45, 7) is 0.192. The summed E-state index contributed by atoms with van der Waals surface area (Å²) in [6, 6.07) is 19.9. The molecular weight excluding hydrogens is 343 g/mol. The zero-order valence-corrected chi connectivity index (χ0v) is 14.1. The van der Waals surface area contributed by atoms with Crippen LogP contribution >= 0.6 is 23.2 Å². The SMILES string of the molecule is N#Cc1ccc(-c2ccccc2)n(Cc2c(Cl)cccc2Cl)c1=O. The quantitative estimate of drug-likeness (QED) is 0.681. The largest absolute Gasteiger partial charge is 0.303 e. The fourth-order valence-electron chi connectivity index (χ4n) is 2.52. The predicted molar refractivity (Wildman–Crippen MR) is 96.4 cm³/mol. The van der Waals surface area contributed by atoms with Gasteiger partial charge >= 0.3 is 0 Å². The highest BCUT2D eigenvalue weighted by molar-refractivity contribution is 6.35. The summed E-state index contributed by atoms with van der Waals surface area (Å²) in [6.07, 6.45) is 0. The number of benzene rings is 2. The van der Waals surface area contributed by atoms with E-state index in [9.17, 15) is 4.79 Å². The Labute approximate surface area is 149 Å². The summed E-state index contributed by atoms with van der Waals surface area (Å²) in [7, 11) is 0. The highest BCUT2D eigenvalue weighted by Gasteiger charge is 2.14. The Morgan fingerprint density at radius 1 is 0.917 bits per heavy atom. The molecular formula is C19H12Cl2N2O. The highest BCUT2D eigenvalue weighted by Crippen LogP contribution is 2.27. The van der Waals surface area contributed by atoms with Crippen LogP contribution in [0.2, 0.25) is 10.0 Å². The lowest BCUT2D eigenvalue weighted by Gasteiger charge is -2.15. The first-order valence-electron chi connectivity index (χ1n) is 7.24. The Balaban J connectivity index is 2.22. The molecule has 0 amide bonds. The Morgan fingerprint density at radius 2 is 1.58 bits per heavy atom. The van der Waals surface area contributed by atoms with Crippen molar-refractivity contribution in [2.24, 2.45) is 0 Å². The van der Waals surface area contributed by atoms with E-state index in [1.807, 2.05) is 36.4 Å². The van der Waals surface area contributed by atoms with Gasteiger partial charge in [-0.1, -0.05) is 59.6 Å². The first-order chi connectivity index (χ1) is 11.6. The van der Waals surface area contributed by atoms with Gasteiger partial charge in [0.25, 0.3) is 5.56 Å². The Morgan fingerprint density at radius 3 is 2.21 bits per heavy atom. The molecule has 2 aromatic carbocycles. The molecule has 0 spiro atoms. The second-order valence-corrected chi connectivity index (χ2v) is 6.02. The molecule has 0 N–H and O–H groups in total. The molecule has 0 aliphatic heterocycles. The lowest BCUT2D eigenvalue weighted by Crippen LogP contribution is -2.24. The van der Waals surface area contributed by atoms with Crippen LogP contribution in [0.3, 0.4) is 0 Å². The molecule has 1 aromatic heterocycles. The van der Waals surface area contributed by atoms with Crippen molar-refractivity contribution in [3.05, 3.63) is 92.2 Å². The van der Waals surface area contributed by atoms with E-state index in [2.05, 4.69) is 0 Å². The third kappa shape index (κ3) is 3.07. The van der Waals surface area contributed by atoms with Crippen LogP contribution in [0.5, 0.6) is 0 Å². The van der Waals surface area contributed by atoms with Crippen LogP contribution < -0.4 is 5.56 Å². The molecule has 3 nitrogen and oxygen atoms in total. The lowest BCUT2D eigenvalue weighted by atomic mass is 10.1. The third-order valence-electron chi connectivity index (χ3n) is 3.74. The molecule has 0 unspecified atom stereocenters. The maximum Gasteiger partial charge on any atom is 0.269 e. The molecule has 0 radical (unpaired) electrons. The summed E-state index contributed by atoms with van der Waals surface area (Å²) in [5.74, 6) is 0. The van der Waals surface area contributed by atoms with E-state index in [0.29, 0.717) is 21.3 Å². The van der Waals surface area contributed by atoms with Crippen LogP contribution in [0, 0.1) is 11.3 Å². The molecule has 0 saturated carbocycles. The van der Waals surface area contributed by atoms with E-state index in [4.69, 9.17) is 28.5 Å². The molecule has 24 heavy (non-hydrogen) atoms. The number of rotatable bonds is 3. The van der Waals surface area contributed by atoms with Gasteiger partial charge in [-0.25, -0.2) is 0 Å². The van der Waals surface area contributed by atoms with E-state index in [1.165, 1.54) is 10.6 Å². The fourth-order valence-corrected chi connectivity index (χ4v) is 3.04. The van der Waals surface area contributed by atoms with Gasteiger partial charge in [-0.3, -0.25) is 4.79 Å². The van der Waals surface area contributed by atoms with Crippen LogP contribution in [-0.2, 0) is 6.54 Å². The summed E-state index contributed by atoms with van der Waals surface area (Å²) in [4.78, 5) is 12.7. The minimum Gasteiger partial charge on any atom is -0.303 e. The van der Waals surface area contributed by atoms with Crippen molar-refractivity contribution in [1.29, 1.82) is 5.26 Å². The van der Waals surface area contributed by atoms with Gasteiger partial charge in [0.15, 0.2) is 0 Å². The van der Waals surface area contributed by atoms with Crippen LogP contribution in [0.15, 0.2) is 65.5 Å². The Kier molecular flexibility index (Phi) is 4.71. The first kappa shape index (κ1) is 16.3. The molecule has 5 heteroatoms. The summed E-state index contributed by atoms with van der Waals surface area (Å²) in [5, 5.41) is 10.1. The van der Waals surface area contributed by atoms with Crippen molar-refractivity contribution in [1.82, 2.24) is 4.57 Å². The van der Waals surface area contributed by atoms with Crippen molar-refractivity contribution in [2.75, 3.05) is 0 Å². The topological polar surface area (TPSA) is 45.8 Å². The van der Waals surface area contributed by atoms with Crippen LogP contribution in [0.25, 0.3) is 11.3 Å². The summed E-state index contributed by atoms with van der Waals surface area (Å²) < 4.78 is 1.53. The number of hydrogen-bond acceptors (Lipinski definition) is 2. The van der Waals surface area contributed by atoms with E-state index >= 15 is 0 Å². The summed E-state index contributed by atoms with van der Waals surface area (Å²) >= 11 is 12.5. The van der Waals surface area contributed by atoms with E-state index in [0.717, 1.165) is 5.56 Å². The minimum absolute atomic E-state index is 0.0813. The van der Waals surface area contributed by atoms with Crippen molar-refractivity contribution < 1.29 is 0 Å². The lowest BCUT2D eigenvalue weighted by molar-refractivity contribution is 0.766. The van der Waals surface area contributed by atoms with Gasteiger partial charge in [-0.05, 0) is 29.8 Å². The Hall–Kier alpha value is -2.54. The van der Waals surface area contributed by atoms with Gasteiger partial charge in [0.1, 0.15) is 11.6 Å². The molecule has 0 bridgehead atoms. The smallest absolute Gasteiger partial charge is 0.269 e. The number of nitriles is 1. The number of pyridine rings is 1. The first-order valence-corrected chi connectivity index (χ1v) is 7.99. The fraction of sp³-hybridized carbons (Fsp3) is 0.0526. The highest BCUT2D eigenvalue weighted by atomic mass is 35.5. The molecule has 3 aromatic rings. The molecule has 1 heterocycles. The zero-order valence-electron chi connectivity index (χ0n) is 12.5. The number of halogens is 2. The van der Waals surface area contributed by atoms with Gasteiger partial charge in [-0.15, -0.1) is 0 Å². The summed E-state index contributed by atoms with van der Waals surface area (Å²) in [5.41, 5.74) is 1.95. The molecule has 0 saturated heterocycles. The van der Waals surface area contributed by atoms with Crippen LogP contribution in [0.4, 0.5) is 0 Å². The van der Waals surface area contributed by atoms with Gasteiger partial charge in [0.05, 0.1) is 12.2 Å². The molecule has 118 valence electrons. The second-order valence-electron chi connectivity index (χ2n) is 5.20. The normalized spacial score (nSPS) is 10.4. The molecule has 0 atom stereocenters. The molecule has 0 aliphatic carbocycles.